The number of aliphatic carboxylic acids is 1. The van der Waals surface area contributed by atoms with Gasteiger partial charge in [-0.2, -0.15) is 11.8 Å². The summed E-state index contributed by atoms with van der Waals surface area (Å²) in [4.78, 5) is 22.9. The van der Waals surface area contributed by atoms with E-state index < -0.39 is 5.97 Å². The quantitative estimate of drug-likeness (QED) is 0.843. The van der Waals surface area contributed by atoms with Crippen LogP contribution in [0, 0.1) is 12.8 Å². The Labute approximate surface area is 123 Å². The number of carbonyl (C=O) groups is 2. The number of hydrogen-bond acceptors (Lipinski definition) is 3. The first-order chi connectivity index (χ1) is 9.56. The average molecular weight is 292 g/mol. The number of aryl methyl sites for hydroxylation is 1. The molecule has 0 bridgehead atoms. The Hall–Kier alpha value is -1.29. The second kappa shape index (κ2) is 6.93. The maximum absolute atomic E-state index is 12.1. The summed E-state index contributed by atoms with van der Waals surface area (Å²) in [5.74, 6) is -0.204. The summed E-state index contributed by atoms with van der Waals surface area (Å²) >= 11 is 1.68. The number of thioether (sulfide) groups is 1. The maximum Gasteiger partial charge on any atom is 0.306 e. The molecule has 0 aliphatic heterocycles. The Morgan fingerprint density at radius 3 is 2.30 bits per heavy atom. The number of carboxylic acid groups (broad SMARTS) is 1. The molecule has 0 heterocycles. The lowest BCUT2D eigenvalue weighted by Gasteiger charge is -2.25. The van der Waals surface area contributed by atoms with Crippen LogP contribution in [0.15, 0.2) is 24.3 Å². The van der Waals surface area contributed by atoms with Crippen molar-refractivity contribution in [2.75, 3.05) is 5.75 Å². The second-order valence-electron chi connectivity index (χ2n) is 5.41. The van der Waals surface area contributed by atoms with Gasteiger partial charge >= 0.3 is 5.97 Å². The zero-order chi connectivity index (χ0) is 14.5. The van der Waals surface area contributed by atoms with Gasteiger partial charge in [0.05, 0.1) is 11.7 Å². The number of Topliss-reactive ketones (excluding diaryl/α,β-unsaturated/α-hetero) is 1. The molecule has 0 saturated heterocycles. The van der Waals surface area contributed by atoms with Crippen LogP contribution in [-0.4, -0.2) is 27.9 Å². The van der Waals surface area contributed by atoms with E-state index in [9.17, 15) is 9.59 Å². The number of carboxylic acids is 1. The van der Waals surface area contributed by atoms with Crippen molar-refractivity contribution in [3.05, 3.63) is 35.4 Å². The molecule has 3 nitrogen and oxygen atoms in total. The standard InChI is InChI=1S/C16H20O3S/c1-11-2-4-12(5-3-11)15(17)10-20-14-8-6-13(7-9-14)16(18)19/h2-5,13-14H,6-10H2,1H3,(H,18,19). The van der Waals surface area contributed by atoms with Gasteiger partial charge in [-0.05, 0) is 32.6 Å². The van der Waals surface area contributed by atoms with Crippen molar-refractivity contribution in [1.29, 1.82) is 0 Å². The van der Waals surface area contributed by atoms with Gasteiger partial charge in [0.1, 0.15) is 0 Å². The molecule has 1 aliphatic carbocycles. The van der Waals surface area contributed by atoms with E-state index in [1.165, 1.54) is 0 Å². The summed E-state index contributed by atoms with van der Waals surface area (Å²) < 4.78 is 0. The van der Waals surface area contributed by atoms with E-state index in [1.807, 2.05) is 31.2 Å². The number of hydrogen-bond donors (Lipinski definition) is 1. The van der Waals surface area contributed by atoms with E-state index in [2.05, 4.69) is 0 Å². The average Bonchev–Trinajstić information content (AvgIpc) is 2.46. The molecule has 1 fully saturated rings. The molecule has 0 radical (unpaired) electrons. The predicted octanol–water partition coefficient (Wildman–Crippen LogP) is 3.55. The fourth-order valence-electron chi connectivity index (χ4n) is 2.49. The van der Waals surface area contributed by atoms with Gasteiger partial charge in [0.2, 0.25) is 0 Å². The van der Waals surface area contributed by atoms with Crippen molar-refractivity contribution in [3.63, 3.8) is 0 Å². The van der Waals surface area contributed by atoms with E-state index in [-0.39, 0.29) is 11.7 Å². The highest BCUT2D eigenvalue weighted by Crippen LogP contribution is 2.32. The lowest BCUT2D eigenvalue weighted by molar-refractivity contribution is -0.142. The zero-order valence-corrected chi connectivity index (χ0v) is 12.5. The highest BCUT2D eigenvalue weighted by molar-refractivity contribution is 8.00. The van der Waals surface area contributed by atoms with Crippen molar-refractivity contribution < 1.29 is 14.7 Å². The largest absolute Gasteiger partial charge is 0.481 e. The van der Waals surface area contributed by atoms with Crippen molar-refractivity contribution in [2.45, 2.75) is 37.9 Å². The summed E-state index contributed by atoms with van der Waals surface area (Å²) in [6.07, 6.45) is 3.29. The van der Waals surface area contributed by atoms with Gasteiger partial charge in [0.15, 0.2) is 5.78 Å². The molecule has 1 aromatic rings. The van der Waals surface area contributed by atoms with Crippen LogP contribution in [0.3, 0.4) is 0 Å². The lowest BCUT2D eigenvalue weighted by atomic mass is 9.89. The van der Waals surface area contributed by atoms with E-state index in [4.69, 9.17) is 5.11 Å². The number of ketones is 1. The zero-order valence-electron chi connectivity index (χ0n) is 11.7. The van der Waals surface area contributed by atoms with Crippen molar-refractivity contribution in [2.24, 2.45) is 5.92 Å². The molecule has 0 unspecified atom stereocenters. The van der Waals surface area contributed by atoms with Crippen LogP contribution in [0.2, 0.25) is 0 Å². The first kappa shape index (κ1) is 15.1. The smallest absolute Gasteiger partial charge is 0.306 e. The van der Waals surface area contributed by atoms with Gasteiger partial charge in [0, 0.05) is 10.8 Å². The lowest BCUT2D eigenvalue weighted by Crippen LogP contribution is -2.23. The second-order valence-corrected chi connectivity index (χ2v) is 6.70. The Balaban J connectivity index is 1.77. The molecule has 20 heavy (non-hydrogen) atoms. The SMILES string of the molecule is Cc1ccc(C(=O)CSC2CCC(C(=O)O)CC2)cc1. The molecule has 1 aromatic carbocycles. The highest BCUT2D eigenvalue weighted by Gasteiger charge is 2.26. The Morgan fingerprint density at radius 1 is 1.15 bits per heavy atom. The molecule has 1 aliphatic rings. The van der Waals surface area contributed by atoms with Crippen LogP contribution >= 0.6 is 11.8 Å². The van der Waals surface area contributed by atoms with Crippen LogP contribution < -0.4 is 0 Å². The van der Waals surface area contributed by atoms with Gasteiger partial charge in [-0.15, -0.1) is 0 Å². The molecule has 0 atom stereocenters. The third-order valence-electron chi connectivity index (χ3n) is 3.85. The molecule has 0 amide bonds. The number of rotatable bonds is 5. The topological polar surface area (TPSA) is 54.4 Å². The molecule has 1 N–H and O–H groups in total. The van der Waals surface area contributed by atoms with Gasteiger partial charge in [-0.25, -0.2) is 0 Å². The van der Waals surface area contributed by atoms with Gasteiger partial charge in [-0.3, -0.25) is 9.59 Å². The molecule has 1 saturated carbocycles. The summed E-state index contributed by atoms with van der Waals surface area (Å²) in [5, 5.41) is 9.38. The molecule has 2 rings (SSSR count). The fraction of sp³-hybridized carbons (Fsp3) is 0.500. The Morgan fingerprint density at radius 2 is 1.75 bits per heavy atom. The van der Waals surface area contributed by atoms with Gasteiger partial charge < -0.3 is 5.11 Å². The van der Waals surface area contributed by atoms with Crippen molar-refractivity contribution in [3.8, 4) is 0 Å². The van der Waals surface area contributed by atoms with Crippen LogP contribution in [0.1, 0.15) is 41.6 Å². The van der Waals surface area contributed by atoms with E-state index in [0.717, 1.165) is 36.8 Å². The number of benzene rings is 1. The summed E-state index contributed by atoms with van der Waals surface area (Å²) in [6.45, 7) is 2.00. The third-order valence-corrected chi connectivity index (χ3v) is 5.22. The van der Waals surface area contributed by atoms with E-state index >= 15 is 0 Å². The maximum atomic E-state index is 12.1. The summed E-state index contributed by atoms with van der Waals surface area (Å²) in [6, 6.07) is 7.66. The predicted molar refractivity (Wildman–Crippen MR) is 81.3 cm³/mol. The van der Waals surface area contributed by atoms with Crippen LogP contribution in [-0.2, 0) is 4.79 Å². The first-order valence-corrected chi connectivity index (χ1v) is 8.05. The van der Waals surface area contributed by atoms with Crippen LogP contribution in [0.25, 0.3) is 0 Å². The summed E-state index contributed by atoms with van der Waals surface area (Å²) in [7, 11) is 0. The van der Waals surface area contributed by atoms with Crippen molar-refractivity contribution in [1.82, 2.24) is 0 Å². The van der Waals surface area contributed by atoms with Crippen LogP contribution in [0.4, 0.5) is 0 Å². The highest BCUT2D eigenvalue weighted by atomic mass is 32.2. The Bertz CT molecular complexity index is 473. The fourth-order valence-corrected chi connectivity index (χ4v) is 3.65. The van der Waals surface area contributed by atoms with Crippen LogP contribution in [0.5, 0.6) is 0 Å². The summed E-state index contributed by atoms with van der Waals surface area (Å²) in [5.41, 5.74) is 1.92. The first-order valence-electron chi connectivity index (χ1n) is 7.00. The Kier molecular flexibility index (Phi) is 5.24. The van der Waals surface area contributed by atoms with Gasteiger partial charge in [-0.1, -0.05) is 29.8 Å². The normalized spacial score (nSPS) is 22.4. The van der Waals surface area contributed by atoms with E-state index in [0.29, 0.717) is 11.0 Å². The molecular formula is C16H20O3S. The number of carbonyl (C=O) groups excluding carboxylic acids is 1. The minimum Gasteiger partial charge on any atom is -0.481 e. The molecular weight excluding hydrogens is 272 g/mol. The van der Waals surface area contributed by atoms with Crippen molar-refractivity contribution >= 4 is 23.5 Å². The molecule has 0 spiro atoms. The molecule has 0 aromatic heterocycles. The molecule has 4 heteroatoms. The minimum absolute atomic E-state index is 0.162. The monoisotopic (exact) mass is 292 g/mol. The van der Waals surface area contributed by atoms with E-state index in [1.54, 1.807) is 11.8 Å². The van der Waals surface area contributed by atoms with Gasteiger partial charge in [0.25, 0.3) is 0 Å². The third kappa shape index (κ3) is 4.10. The molecule has 108 valence electrons. The minimum atomic E-state index is -0.677.